The van der Waals surface area contributed by atoms with E-state index in [9.17, 15) is 4.79 Å². The van der Waals surface area contributed by atoms with Crippen LogP contribution in [-0.4, -0.2) is 23.1 Å². The summed E-state index contributed by atoms with van der Waals surface area (Å²) in [6.07, 6.45) is 1.01. The number of aromatic nitrogens is 1. The van der Waals surface area contributed by atoms with E-state index >= 15 is 0 Å². The standard InChI is InChI=1S/C15H26N2O2S/c1-8-19-12(18)11-10(2)20-13(16-11)17-15(6,7)9-14(3,4)5/h8-9H2,1-7H3,(H,16,17). The molecule has 1 rings (SSSR count). The monoisotopic (exact) mass is 298 g/mol. The van der Waals surface area contributed by atoms with Crippen molar-refractivity contribution in [3.63, 3.8) is 0 Å². The number of thiazole rings is 1. The lowest BCUT2D eigenvalue weighted by Gasteiger charge is -2.33. The summed E-state index contributed by atoms with van der Waals surface area (Å²) in [6.45, 7) is 15.0. The van der Waals surface area contributed by atoms with E-state index in [4.69, 9.17) is 4.74 Å². The van der Waals surface area contributed by atoms with E-state index in [2.05, 4.69) is 44.9 Å². The Bertz CT molecular complexity index is 473. The van der Waals surface area contributed by atoms with E-state index in [1.807, 2.05) is 6.92 Å². The number of carbonyl (C=O) groups excluding carboxylic acids is 1. The molecule has 20 heavy (non-hydrogen) atoms. The predicted octanol–water partition coefficient (Wildman–Crippen LogP) is 4.25. The summed E-state index contributed by atoms with van der Waals surface area (Å²) in [5.41, 5.74) is 0.576. The minimum absolute atomic E-state index is 0.0749. The summed E-state index contributed by atoms with van der Waals surface area (Å²) in [7, 11) is 0. The van der Waals surface area contributed by atoms with E-state index in [1.54, 1.807) is 6.92 Å². The largest absolute Gasteiger partial charge is 0.461 e. The molecule has 0 bridgehead atoms. The van der Waals surface area contributed by atoms with Gasteiger partial charge in [0.15, 0.2) is 10.8 Å². The number of nitrogens with zero attached hydrogens (tertiary/aromatic N) is 1. The van der Waals surface area contributed by atoms with Gasteiger partial charge in [0, 0.05) is 10.4 Å². The highest BCUT2D eigenvalue weighted by Gasteiger charge is 2.27. The summed E-state index contributed by atoms with van der Waals surface area (Å²) in [5.74, 6) is -0.345. The number of hydrogen-bond donors (Lipinski definition) is 1. The van der Waals surface area contributed by atoms with Crippen LogP contribution in [0.1, 0.15) is 63.3 Å². The van der Waals surface area contributed by atoms with Crippen LogP contribution in [0.15, 0.2) is 0 Å². The van der Waals surface area contributed by atoms with Gasteiger partial charge in [-0.2, -0.15) is 0 Å². The third-order valence-electron chi connectivity index (χ3n) is 2.68. The maximum absolute atomic E-state index is 11.8. The van der Waals surface area contributed by atoms with Crippen molar-refractivity contribution in [2.24, 2.45) is 5.41 Å². The highest BCUT2D eigenvalue weighted by atomic mass is 32.1. The third-order valence-corrected chi connectivity index (χ3v) is 3.57. The van der Waals surface area contributed by atoms with Crippen LogP contribution in [0, 0.1) is 12.3 Å². The predicted molar refractivity (Wildman–Crippen MR) is 84.6 cm³/mol. The average Bonchev–Trinajstić information content (AvgIpc) is 2.54. The van der Waals surface area contributed by atoms with Gasteiger partial charge in [0.1, 0.15) is 0 Å². The maximum atomic E-state index is 11.8. The average molecular weight is 298 g/mol. The molecule has 0 fully saturated rings. The Morgan fingerprint density at radius 2 is 1.90 bits per heavy atom. The molecule has 5 heteroatoms. The lowest BCUT2D eigenvalue weighted by atomic mass is 9.82. The smallest absolute Gasteiger partial charge is 0.358 e. The second-order valence-corrected chi connectivity index (χ2v) is 8.09. The summed E-state index contributed by atoms with van der Waals surface area (Å²) in [4.78, 5) is 17.0. The van der Waals surface area contributed by atoms with Gasteiger partial charge in [0.25, 0.3) is 0 Å². The first-order valence-electron chi connectivity index (χ1n) is 6.97. The summed E-state index contributed by atoms with van der Waals surface area (Å²) < 4.78 is 5.01. The van der Waals surface area contributed by atoms with Crippen LogP contribution in [0.5, 0.6) is 0 Å². The molecule has 0 aromatic carbocycles. The first-order chi connectivity index (χ1) is 9.04. The fourth-order valence-electron chi connectivity index (χ4n) is 2.50. The van der Waals surface area contributed by atoms with Crippen LogP contribution >= 0.6 is 11.3 Å². The van der Waals surface area contributed by atoms with Crippen LogP contribution in [0.3, 0.4) is 0 Å². The zero-order valence-corrected chi connectivity index (χ0v) is 14.4. The van der Waals surface area contributed by atoms with E-state index in [1.165, 1.54) is 11.3 Å². The molecule has 1 aromatic rings. The number of anilines is 1. The normalized spacial score (nSPS) is 12.3. The van der Waals surface area contributed by atoms with Gasteiger partial charge >= 0.3 is 5.97 Å². The Morgan fingerprint density at radius 1 is 1.30 bits per heavy atom. The zero-order valence-electron chi connectivity index (χ0n) is 13.6. The second-order valence-electron chi connectivity index (χ2n) is 6.89. The fraction of sp³-hybridized carbons (Fsp3) is 0.733. The van der Waals surface area contributed by atoms with Crippen molar-refractivity contribution in [3.05, 3.63) is 10.6 Å². The van der Waals surface area contributed by atoms with Crippen LogP contribution in [0.25, 0.3) is 0 Å². The van der Waals surface area contributed by atoms with Crippen molar-refractivity contribution in [2.45, 2.75) is 60.4 Å². The van der Waals surface area contributed by atoms with Crippen LogP contribution in [0.4, 0.5) is 5.13 Å². The van der Waals surface area contributed by atoms with Crippen molar-refractivity contribution in [1.82, 2.24) is 4.98 Å². The lowest BCUT2D eigenvalue weighted by Crippen LogP contribution is -2.35. The zero-order chi connectivity index (χ0) is 15.6. The van der Waals surface area contributed by atoms with E-state index in [-0.39, 0.29) is 16.9 Å². The SMILES string of the molecule is CCOC(=O)c1nc(NC(C)(C)CC(C)(C)C)sc1C. The Labute approximate surface area is 125 Å². The first kappa shape index (κ1) is 17.0. The Balaban J connectivity index is 2.84. The molecule has 0 amide bonds. The molecular formula is C15H26N2O2S. The van der Waals surface area contributed by atoms with E-state index in [0.29, 0.717) is 12.3 Å². The molecule has 1 aromatic heterocycles. The van der Waals surface area contributed by atoms with Gasteiger partial charge in [-0.05, 0) is 39.5 Å². The number of nitrogens with one attached hydrogen (secondary N) is 1. The highest BCUT2D eigenvalue weighted by Crippen LogP contribution is 2.32. The molecule has 114 valence electrons. The summed E-state index contributed by atoms with van der Waals surface area (Å²) in [5, 5.41) is 4.21. The van der Waals surface area contributed by atoms with Gasteiger partial charge < -0.3 is 10.1 Å². The van der Waals surface area contributed by atoms with Gasteiger partial charge in [-0.1, -0.05) is 20.8 Å². The van der Waals surface area contributed by atoms with E-state index in [0.717, 1.165) is 16.4 Å². The molecule has 4 nitrogen and oxygen atoms in total. The Hall–Kier alpha value is -1.10. The van der Waals surface area contributed by atoms with Gasteiger partial charge in [0.2, 0.25) is 0 Å². The molecule has 0 aliphatic rings. The number of ether oxygens (including phenoxy) is 1. The van der Waals surface area contributed by atoms with E-state index < -0.39 is 0 Å². The second kappa shape index (κ2) is 6.12. The summed E-state index contributed by atoms with van der Waals surface area (Å²) >= 11 is 1.50. The molecule has 0 aliphatic carbocycles. The topological polar surface area (TPSA) is 51.2 Å². The van der Waals surface area contributed by atoms with Crippen molar-refractivity contribution < 1.29 is 9.53 Å². The van der Waals surface area contributed by atoms with Crippen LogP contribution < -0.4 is 5.32 Å². The fourth-order valence-corrected chi connectivity index (χ4v) is 3.48. The molecule has 0 saturated carbocycles. The maximum Gasteiger partial charge on any atom is 0.358 e. The highest BCUT2D eigenvalue weighted by molar-refractivity contribution is 7.15. The molecule has 0 radical (unpaired) electrons. The van der Waals surface area contributed by atoms with Crippen LogP contribution in [0.2, 0.25) is 0 Å². The molecule has 0 saturated heterocycles. The number of carbonyl (C=O) groups is 1. The molecule has 0 spiro atoms. The van der Waals surface area contributed by atoms with Gasteiger partial charge in [0.05, 0.1) is 6.61 Å². The van der Waals surface area contributed by atoms with Crippen molar-refractivity contribution in [1.29, 1.82) is 0 Å². The quantitative estimate of drug-likeness (QED) is 0.825. The number of hydrogen-bond acceptors (Lipinski definition) is 5. The molecule has 1 heterocycles. The molecular weight excluding hydrogens is 272 g/mol. The first-order valence-corrected chi connectivity index (χ1v) is 7.78. The number of rotatable bonds is 5. The van der Waals surface area contributed by atoms with Crippen molar-refractivity contribution >= 4 is 22.4 Å². The van der Waals surface area contributed by atoms with Gasteiger partial charge in [-0.15, -0.1) is 11.3 Å². The molecule has 0 aliphatic heterocycles. The van der Waals surface area contributed by atoms with Crippen molar-refractivity contribution in [2.75, 3.05) is 11.9 Å². The number of esters is 1. The Morgan fingerprint density at radius 3 is 2.40 bits per heavy atom. The molecule has 1 N–H and O–H groups in total. The Kier molecular flexibility index (Phi) is 5.19. The third kappa shape index (κ3) is 5.12. The minimum Gasteiger partial charge on any atom is -0.461 e. The number of aryl methyl sites for hydroxylation is 1. The molecule has 0 atom stereocenters. The molecule has 0 unspecified atom stereocenters. The van der Waals surface area contributed by atoms with Gasteiger partial charge in [-0.3, -0.25) is 0 Å². The van der Waals surface area contributed by atoms with Crippen LogP contribution in [-0.2, 0) is 4.74 Å². The van der Waals surface area contributed by atoms with Crippen molar-refractivity contribution in [3.8, 4) is 0 Å². The summed E-state index contributed by atoms with van der Waals surface area (Å²) in [6, 6.07) is 0. The lowest BCUT2D eigenvalue weighted by molar-refractivity contribution is 0.0519. The van der Waals surface area contributed by atoms with Gasteiger partial charge in [-0.25, -0.2) is 9.78 Å². The minimum atomic E-state index is -0.345.